The molecule has 4 heteroatoms. The minimum atomic E-state index is -0.149. The van der Waals surface area contributed by atoms with Gasteiger partial charge in [0.05, 0.1) is 0 Å². The molecule has 0 saturated carbocycles. The van der Waals surface area contributed by atoms with Crippen molar-refractivity contribution in [1.29, 1.82) is 5.26 Å². The molecule has 0 aromatic carbocycles. The molecule has 1 rings (SSSR count). The van der Waals surface area contributed by atoms with Gasteiger partial charge in [-0.3, -0.25) is 4.79 Å². The van der Waals surface area contributed by atoms with Gasteiger partial charge in [0.25, 0.3) is 5.91 Å². The summed E-state index contributed by atoms with van der Waals surface area (Å²) in [7, 11) is 1.95. The highest BCUT2D eigenvalue weighted by molar-refractivity contribution is 5.97. The largest absolute Gasteiger partial charge is 0.338 e. The van der Waals surface area contributed by atoms with Gasteiger partial charge in [0, 0.05) is 19.1 Å². The molecule has 1 aliphatic heterocycles. The third kappa shape index (κ3) is 4.15. The van der Waals surface area contributed by atoms with E-state index in [4.69, 9.17) is 5.26 Å². The normalized spacial score (nSPS) is 18.6. The first-order chi connectivity index (χ1) is 8.37. The number of hydrogen-bond donors (Lipinski definition) is 1. The Morgan fingerprint density at radius 2 is 1.94 bits per heavy atom. The zero-order chi connectivity index (χ0) is 13.8. The van der Waals surface area contributed by atoms with E-state index in [9.17, 15) is 4.79 Å². The van der Waals surface area contributed by atoms with Crippen LogP contribution in [0.25, 0.3) is 0 Å². The van der Waals surface area contributed by atoms with Crippen LogP contribution in [0, 0.1) is 16.7 Å². The van der Waals surface area contributed by atoms with E-state index in [0.717, 1.165) is 25.9 Å². The molecule has 1 fully saturated rings. The first kappa shape index (κ1) is 14.7. The topological polar surface area (TPSA) is 56.1 Å². The highest BCUT2D eigenvalue weighted by Gasteiger charge is 2.25. The minimum absolute atomic E-state index is 0.123. The van der Waals surface area contributed by atoms with Crippen molar-refractivity contribution in [3.8, 4) is 6.07 Å². The average Bonchev–Trinajstić information content (AvgIpc) is 2.34. The number of allylic oxidation sites excluding steroid dienone is 1. The predicted molar refractivity (Wildman–Crippen MR) is 71.8 cm³/mol. The van der Waals surface area contributed by atoms with Crippen LogP contribution in [0.5, 0.6) is 0 Å². The number of nitrogens with one attached hydrogen (secondary N) is 1. The maximum atomic E-state index is 12.2. The molecule has 1 heterocycles. The monoisotopic (exact) mass is 249 g/mol. The van der Waals surface area contributed by atoms with Crippen molar-refractivity contribution in [2.75, 3.05) is 20.1 Å². The smallest absolute Gasteiger partial charge is 0.264 e. The van der Waals surface area contributed by atoms with Crippen LogP contribution in [0.3, 0.4) is 0 Å². The summed E-state index contributed by atoms with van der Waals surface area (Å²) >= 11 is 0. The fourth-order valence-corrected chi connectivity index (χ4v) is 2.12. The molecule has 0 aliphatic carbocycles. The van der Waals surface area contributed by atoms with Crippen molar-refractivity contribution >= 4 is 5.91 Å². The standard InChI is InChI=1S/C14H23N3O/c1-14(2,3)9-11(10-15)13(18)17-7-5-12(16-4)6-8-17/h9,12,16H,5-8H2,1-4H3/b11-9+. The maximum Gasteiger partial charge on any atom is 0.264 e. The summed E-state index contributed by atoms with van der Waals surface area (Å²) in [6.45, 7) is 7.43. The Labute approximate surface area is 110 Å². The van der Waals surface area contributed by atoms with Gasteiger partial charge in [0.1, 0.15) is 11.6 Å². The Balaban J connectivity index is 2.70. The Morgan fingerprint density at radius 1 is 1.39 bits per heavy atom. The van der Waals surface area contributed by atoms with Gasteiger partial charge in [0.15, 0.2) is 0 Å². The SMILES string of the molecule is CNC1CCN(C(=O)/C(C#N)=C/C(C)(C)C)CC1. The molecule has 100 valence electrons. The van der Waals surface area contributed by atoms with Crippen molar-refractivity contribution in [1.82, 2.24) is 10.2 Å². The number of nitriles is 1. The fourth-order valence-electron chi connectivity index (χ4n) is 2.12. The third-order valence-corrected chi connectivity index (χ3v) is 3.12. The number of hydrogen-bond acceptors (Lipinski definition) is 3. The molecule has 1 saturated heterocycles. The summed E-state index contributed by atoms with van der Waals surface area (Å²) in [6.07, 6.45) is 3.67. The molecule has 0 unspecified atom stereocenters. The van der Waals surface area contributed by atoms with Crippen molar-refractivity contribution in [3.05, 3.63) is 11.6 Å². The Bertz CT molecular complexity index is 365. The molecular formula is C14H23N3O. The van der Waals surface area contributed by atoms with Crippen LogP contribution in [-0.2, 0) is 4.79 Å². The molecule has 0 radical (unpaired) electrons. The van der Waals surface area contributed by atoms with Gasteiger partial charge in [-0.1, -0.05) is 26.8 Å². The fraction of sp³-hybridized carbons (Fsp3) is 0.714. The van der Waals surface area contributed by atoms with Crippen LogP contribution >= 0.6 is 0 Å². The molecule has 0 spiro atoms. The van der Waals surface area contributed by atoms with Gasteiger partial charge in [-0.2, -0.15) is 5.26 Å². The second-order valence-electron chi connectivity index (χ2n) is 5.89. The lowest BCUT2D eigenvalue weighted by Crippen LogP contribution is -2.44. The Morgan fingerprint density at radius 3 is 2.33 bits per heavy atom. The number of carbonyl (C=O) groups is 1. The number of carbonyl (C=O) groups excluding carboxylic acids is 1. The van der Waals surface area contributed by atoms with E-state index < -0.39 is 0 Å². The lowest BCUT2D eigenvalue weighted by atomic mass is 9.93. The summed E-state index contributed by atoms with van der Waals surface area (Å²) in [4.78, 5) is 14.0. The Hall–Kier alpha value is -1.34. The van der Waals surface area contributed by atoms with Gasteiger partial charge >= 0.3 is 0 Å². The van der Waals surface area contributed by atoms with Crippen molar-refractivity contribution < 1.29 is 4.79 Å². The van der Waals surface area contributed by atoms with E-state index in [2.05, 4.69) is 5.32 Å². The molecule has 0 bridgehead atoms. The molecule has 0 atom stereocenters. The summed E-state index contributed by atoms with van der Waals surface area (Å²) in [5.41, 5.74) is 0.120. The Kier molecular flexibility index (Phi) is 4.92. The van der Waals surface area contributed by atoms with Gasteiger partial charge in [-0.25, -0.2) is 0 Å². The van der Waals surface area contributed by atoms with E-state index >= 15 is 0 Å². The molecule has 1 aliphatic rings. The summed E-state index contributed by atoms with van der Waals surface area (Å²) < 4.78 is 0. The van der Waals surface area contributed by atoms with Crippen LogP contribution in [0.15, 0.2) is 11.6 Å². The summed E-state index contributed by atoms with van der Waals surface area (Å²) in [5, 5.41) is 12.3. The number of amides is 1. The lowest BCUT2D eigenvalue weighted by molar-refractivity contribution is -0.127. The number of rotatable bonds is 2. The van der Waals surface area contributed by atoms with E-state index in [1.54, 1.807) is 11.0 Å². The van der Waals surface area contributed by atoms with Gasteiger partial charge in [-0.05, 0) is 25.3 Å². The lowest BCUT2D eigenvalue weighted by Gasteiger charge is -2.31. The van der Waals surface area contributed by atoms with Crippen molar-refractivity contribution in [2.45, 2.75) is 39.7 Å². The third-order valence-electron chi connectivity index (χ3n) is 3.12. The second kappa shape index (κ2) is 6.01. The van der Waals surface area contributed by atoms with E-state index in [1.165, 1.54) is 0 Å². The van der Waals surface area contributed by atoms with Crippen molar-refractivity contribution in [3.63, 3.8) is 0 Å². The molecule has 1 amide bonds. The number of nitrogens with zero attached hydrogens (tertiary/aromatic N) is 2. The van der Waals surface area contributed by atoms with Gasteiger partial charge < -0.3 is 10.2 Å². The molecule has 4 nitrogen and oxygen atoms in total. The first-order valence-corrected chi connectivity index (χ1v) is 6.47. The highest BCUT2D eigenvalue weighted by atomic mass is 16.2. The van der Waals surface area contributed by atoms with Gasteiger partial charge in [-0.15, -0.1) is 0 Å². The quantitative estimate of drug-likeness (QED) is 0.598. The first-order valence-electron chi connectivity index (χ1n) is 6.47. The number of likely N-dealkylation sites (tertiary alicyclic amines) is 1. The summed E-state index contributed by atoms with van der Waals surface area (Å²) in [5.74, 6) is -0.123. The summed E-state index contributed by atoms with van der Waals surface area (Å²) in [6, 6.07) is 2.53. The number of piperidine rings is 1. The van der Waals surface area contributed by atoms with Crippen LogP contribution < -0.4 is 5.32 Å². The van der Waals surface area contributed by atoms with Crippen LogP contribution in [-0.4, -0.2) is 37.0 Å². The van der Waals surface area contributed by atoms with Crippen LogP contribution in [0.2, 0.25) is 0 Å². The molecule has 18 heavy (non-hydrogen) atoms. The van der Waals surface area contributed by atoms with Crippen molar-refractivity contribution in [2.24, 2.45) is 5.41 Å². The van der Waals surface area contributed by atoms with E-state index in [0.29, 0.717) is 6.04 Å². The van der Waals surface area contributed by atoms with E-state index in [1.807, 2.05) is 33.9 Å². The average molecular weight is 249 g/mol. The zero-order valence-corrected chi connectivity index (χ0v) is 11.8. The molecule has 0 aromatic rings. The minimum Gasteiger partial charge on any atom is -0.338 e. The second-order valence-corrected chi connectivity index (χ2v) is 5.89. The van der Waals surface area contributed by atoms with Gasteiger partial charge in [0.2, 0.25) is 0 Å². The maximum absolute atomic E-state index is 12.2. The molecule has 0 aromatic heterocycles. The predicted octanol–water partition coefficient (Wildman–Crippen LogP) is 1.69. The zero-order valence-electron chi connectivity index (χ0n) is 11.8. The molecular weight excluding hydrogens is 226 g/mol. The van der Waals surface area contributed by atoms with Crippen LogP contribution in [0.4, 0.5) is 0 Å². The van der Waals surface area contributed by atoms with E-state index in [-0.39, 0.29) is 16.9 Å². The molecule has 1 N–H and O–H groups in total. The highest BCUT2D eigenvalue weighted by Crippen LogP contribution is 2.20. The van der Waals surface area contributed by atoms with Crippen LogP contribution in [0.1, 0.15) is 33.6 Å².